The summed E-state index contributed by atoms with van der Waals surface area (Å²) in [4.78, 5) is 7.95. The van der Waals surface area contributed by atoms with E-state index in [1.807, 2.05) is 13.0 Å². The van der Waals surface area contributed by atoms with Crippen molar-refractivity contribution in [2.24, 2.45) is 10.7 Å². The molecular formula is C12H15N3O. The number of methoxy groups -OCH3 is 1. The van der Waals surface area contributed by atoms with E-state index in [-0.39, 0.29) is 0 Å². The number of pyridine rings is 1. The van der Waals surface area contributed by atoms with Crippen molar-refractivity contribution in [2.75, 3.05) is 7.11 Å². The molecular weight excluding hydrogens is 202 g/mol. The van der Waals surface area contributed by atoms with E-state index in [9.17, 15) is 0 Å². The highest BCUT2D eigenvalue weighted by molar-refractivity contribution is 5.69. The molecule has 0 aliphatic rings. The Bertz CT molecular complexity index is 432. The predicted molar refractivity (Wildman–Crippen MR) is 66.3 cm³/mol. The van der Waals surface area contributed by atoms with Crippen LogP contribution < -0.4 is 10.5 Å². The van der Waals surface area contributed by atoms with E-state index in [1.165, 1.54) is 0 Å². The van der Waals surface area contributed by atoms with E-state index < -0.39 is 0 Å². The second-order valence-corrected chi connectivity index (χ2v) is 3.21. The largest absolute Gasteiger partial charge is 0.481 e. The molecule has 2 N–H and O–H groups in total. The molecule has 0 aliphatic carbocycles. The summed E-state index contributed by atoms with van der Waals surface area (Å²) in [6, 6.07) is 3.63. The quantitative estimate of drug-likeness (QED) is 0.619. The first-order chi connectivity index (χ1) is 7.67. The van der Waals surface area contributed by atoms with Gasteiger partial charge in [0.05, 0.1) is 12.8 Å². The Morgan fingerprint density at radius 1 is 1.56 bits per heavy atom. The lowest BCUT2D eigenvalue weighted by Crippen LogP contribution is -1.90. The summed E-state index contributed by atoms with van der Waals surface area (Å²) in [5.41, 5.74) is 7.87. The Hall–Kier alpha value is -2.10. The molecule has 0 aromatic carbocycles. The fourth-order valence-electron chi connectivity index (χ4n) is 1.13. The van der Waals surface area contributed by atoms with E-state index in [1.54, 1.807) is 31.5 Å². The van der Waals surface area contributed by atoms with Crippen molar-refractivity contribution in [1.82, 2.24) is 4.98 Å². The number of nitrogens with two attached hydrogens (primary N) is 1. The van der Waals surface area contributed by atoms with Crippen LogP contribution in [0.2, 0.25) is 0 Å². The molecule has 0 radical (unpaired) electrons. The molecule has 1 heterocycles. The van der Waals surface area contributed by atoms with Crippen molar-refractivity contribution in [3.05, 3.63) is 41.7 Å². The van der Waals surface area contributed by atoms with Gasteiger partial charge < -0.3 is 10.5 Å². The van der Waals surface area contributed by atoms with E-state index in [0.717, 1.165) is 11.3 Å². The summed E-state index contributed by atoms with van der Waals surface area (Å²) in [5.74, 6) is 0.542. The molecule has 0 spiro atoms. The van der Waals surface area contributed by atoms with E-state index in [4.69, 9.17) is 10.5 Å². The molecule has 16 heavy (non-hydrogen) atoms. The highest BCUT2D eigenvalue weighted by Crippen LogP contribution is 2.18. The van der Waals surface area contributed by atoms with Crippen LogP contribution in [0.1, 0.15) is 12.5 Å². The minimum atomic E-state index is 0.542. The summed E-state index contributed by atoms with van der Waals surface area (Å²) >= 11 is 0. The number of ether oxygens (including phenoxy) is 1. The van der Waals surface area contributed by atoms with Gasteiger partial charge in [-0.05, 0) is 31.9 Å². The van der Waals surface area contributed by atoms with Gasteiger partial charge in [0, 0.05) is 23.5 Å². The van der Waals surface area contributed by atoms with Crippen molar-refractivity contribution in [1.29, 1.82) is 0 Å². The van der Waals surface area contributed by atoms with Crippen molar-refractivity contribution >= 4 is 12.4 Å². The average molecular weight is 217 g/mol. The lowest BCUT2D eigenvalue weighted by atomic mass is 10.2. The van der Waals surface area contributed by atoms with Crippen LogP contribution in [-0.4, -0.2) is 18.8 Å². The lowest BCUT2D eigenvalue weighted by Gasteiger charge is -2.03. The summed E-state index contributed by atoms with van der Waals surface area (Å²) in [5, 5.41) is 0. The first-order valence-electron chi connectivity index (χ1n) is 4.78. The molecule has 0 atom stereocenters. The molecule has 0 saturated carbocycles. The second-order valence-electron chi connectivity index (χ2n) is 3.21. The number of hydrogen-bond acceptors (Lipinski definition) is 4. The maximum atomic E-state index is 5.55. The number of nitrogens with zero attached hydrogens (tertiary/aromatic N) is 2. The minimum Gasteiger partial charge on any atom is -0.481 e. The van der Waals surface area contributed by atoms with Gasteiger partial charge in [-0.25, -0.2) is 4.98 Å². The van der Waals surface area contributed by atoms with Crippen LogP contribution in [0.4, 0.5) is 0 Å². The van der Waals surface area contributed by atoms with Gasteiger partial charge in [-0.1, -0.05) is 0 Å². The molecule has 0 aliphatic heterocycles. The molecule has 1 aromatic rings. The Labute approximate surface area is 95.2 Å². The molecule has 0 fully saturated rings. The first kappa shape index (κ1) is 12.0. The molecule has 1 rings (SSSR count). The van der Waals surface area contributed by atoms with Gasteiger partial charge in [-0.15, -0.1) is 0 Å². The van der Waals surface area contributed by atoms with Crippen LogP contribution in [0.15, 0.2) is 41.2 Å². The molecule has 4 nitrogen and oxygen atoms in total. The third-order valence-corrected chi connectivity index (χ3v) is 1.91. The van der Waals surface area contributed by atoms with E-state index >= 15 is 0 Å². The van der Waals surface area contributed by atoms with E-state index in [2.05, 4.69) is 16.7 Å². The fraction of sp³-hybridized carbons (Fsp3) is 0.167. The van der Waals surface area contributed by atoms with Gasteiger partial charge in [0.1, 0.15) is 0 Å². The molecule has 0 bridgehead atoms. The number of aromatic nitrogens is 1. The highest BCUT2D eigenvalue weighted by Gasteiger charge is 2.00. The fourth-order valence-corrected chi connectivity index (χ4v) is 1.13. The van der Waals surface area contributed by atoms with Crippen molar-refractivity contribution in [3.8, 4) is 5.88 Å². The Balaban J connectivity index is 3.08. The Morgan fingerprint density at radius 2 is 2.31 bits per heavy atom. The minimum absolute atomic E-state index is 0.542. The number of allylic oxidation sites excluding steroid dienone is 3. The van der Waals surface area contributed by atoms with Crippen LogP contribution >= 0.6 is 0 Å². The SMILES string of the molecule is C=N/C(=C\C=C(\C)N)c1ccnc(OC)c1. The predicted octanol–water partition coefficient (Wildman–Crippen LogP) is 1.99. The molecule has 0 amide bonds. The zero-order chi connectivity index (χ0) is 12.0. The Morgan fingerprint density at radius 3 is 2.88 bits per heavy atom. The second kappa shape index (κ2) is 5.70. The zero-order valence-electron chi connectivity index (χ0n) is 9.47. The molecule has 4 heteroatoms. The highest BCUT2D eigenvalue weighted by atomic mass is 16.5. The third kappa shape index (κ3) is 3.24. The van der Waals surface area contributed by atoms with Crippen LogP contribution in [0.3, 0.4) is 0 Å². The zero-order valence-corrected chi connectivity index (χ0v) is 9.47. The summed E-state index contributed by atoms with van der Waals surface area (Å²) < 4.78 is 5.03. The lowest BCUT2D eigenvalue weighted by molar-refractivity contribution is 0.398. The molecule has 84 valence electrons. The van der Waals surface area contributed by atoms with Crippen LogP contribution in [0.5, 0.6) is 5.88 Å². The Kier molecular flexibility index (Phi) is 4.27. The van der Waals surface area contributed by atoms with Gasteiger partial charge in [-0.3, -0.25) is 4.99 Å². The maximum absolute atomic E-state index is 5.55. The van der Waals surface area contributed by atoms with Gasteiger partial charge in [0.15, 0.2) is 0 Å². The van der Waals surface area contributed by atoms with Crippen molar-refractivity contribution < 1.29 is 4.74 Å². The van der Waals surface area contributed by atoms with Gasteiger partial charge in [-0.2, -0.15) is 0 Å². The number of hydrogen-bond donors (Lipinski definition) is 1. The topological polar surface area (TPSA) is 60.5 Å². The first-order valence-corrected chi connectivity index (χ1v) is 4.78. The molecule has 0 unspecified atom stereocenters. The number of aliphatic imine (C=N–C) groups is 1. The third-order valence-electron chi connectivity index (χ3n) is 1.91. The maximum Gasteiger partial charge on any atom is 0.213 e. The molecule has 1 aromatic heterocycles. The number of rotatable bonds is 4. The van der Waals surface area contributed by atoms with Crippen LogP contribution in [0.25, 0.3) is 5.70 Å². The van der Waals surface area contributed by atoms with E-state index in [0.29, 0.717) is 11.6 Å². The van der Waals surface area contributed by atoms with Gasteiger partial charge >= 0.3 is 0 Å². The van der Waals surface area contributed by atoms with Gasteiger partial charge in [0.2, 0.25) is 5.88 Å². The normalized spacial score (nSPS) is 12.4. The summed E-state index contributed by atoms with van der Waals surface area (Å²) in [6.07, 6.45) is 5.24. The van der Waals surface area contributed by atoms with Crippen molar-refractivity contribution in [3.63, 3.8) is 0 Å². The standard InChI is InChI=1S/C12H15N3O/c1-9(13)4-5-11(14-2)10-6-7-15-12(8-10)16-3/h4-8H,2,13H2,1,3H3/b9-4-,11-5-. The average Bonchev–Trinajstić information content (AvgIpc) is 2.30. The van der Waals surface area contributed by atoms with Crippen LogP contribution in [0, 0.1) is 0 Å². The molecule has 0 saturated heterocycles. The van der Waals surface area contributed by atoms with Crippen LogP contribution in [-0.2, 0) is 0 Å². The monoisotopic (exact) mass is 217 g/mol. The summed E-state index contributed by atoms with van der Waals surface area (Å²) in [6.45, 7) is 5.33. The van der Waals surface area contributed by atoms with Crippen molar-refractivity contribution in [2.45, 2.75) is 6.92 Å². The smallest absolute Gasteiger partial charge is 0.213 e. The van der Waals surface area contributed by atoms with Gasteiger partial charge in [0.25, 0.3) is 0 Å². The summed E-state index contributed by atoms with van der Waals surface area (Å²) in [7, 11) is 1.57.